The molecule has 8 heteroatoms. The van der Waals surface area contributed by atoms with Crippen LogP contribution in [0.2, 0.25) is 0 Å². The largest absolute Gasteiger partial charge is 0.497 e. The molecule has 0 bridgehead atoms. The number of benzene rings is 2. The fourth-order valence-corrected chi connectivity index (χ4v) is 3.94. The Morgan fingerprint density at radius 1 is 0.943 bits per heavy atom. The summed E-state index contributed by atoms with van der Waals surface area (Å²) in [6.45, 7) is 2.73. The van der Waals surface area contributed by atoms with Crippen molar-refractivity contribution in [3.05, 3.63) is 58.1 Å². The zero-order valence-corrected chi connectivity index (χ0v) is 20.6. The van der Waals surface area contributed by atoms with Crippen LogP contribution in [0.15, 0.2) is 42.5 Å². The molecule has 0 N–H and O–H groups in total. The first-order chi connectivity index (χ1) is 17.0. The molecule has 1 heterocycles. The third kappa shape index (κ3) is 8.24. The summed E-state index contributed by atoms with van der Waals surface area (Å²) < 4.78 is 22.0. The third-order valence-corrected chi connectivity index (χ3v) is 6.02. The number of methoxy groups -OCH3 is 1. The number of rotatable bonds is 16. The molecule has 190 valence electrons. The number of esters is 1. The molecule has 0 aromatic heterocycles. The minimum atomic E-state index is -0.839. The average Bonchev–Trinajstić information content (AvgIpc) is 3.67. The number of non-ortho nitro benzene ring substituents is 1. The molecular formula is C27H35NO7. The van der Waals surface area contributed by atoms with Gasteiger partial charge in [-0.05, 0) is 36.8 Å². The molecule has 2 aromatic carbocycles. The molecule has 0 amide bonds. The first-order valence-electron chi connectivity index (χ1n) is 12.5. The van der Waals surface area contributed by atoms with E-state index < -0.39 is 23.1 Å². The second-order valence-corrected chi connectivity index (χ2v) is 8.73. The highest BCUT2D eigenvalue weighted by Crippen LogP contribution is 2.45. The van der Waals surface area contributed by atoms with Gasteiger partial charge in [0, 0.05) is 17.7 Å². The van der Waals surface area contributed by atoms with Crippen molar-refractivity contribution in [2.75, 3.05) is 13.7 Å². The van der Waals surface area contributed by atoms with E-state index in [1.54, 1.807) is 37.4 Å². The lowest BCUT2D eigenvalue weighted by Gasteiger charge is -2.10. The Labute approximate surface area is 206 Å². The molecule has 8 nitrogen and oxygen atoms in total. The zero-order chi connectivity index (χ0) is 25.0. The van der Waals surface area contributed by atoms with Gasteiger partial charge in [0.1, 0.15) is 23.4 Å². The Kier molecular flexibility index (Phi) is 10.3. The van der Waals surface area contributed by atoms with Gasteiger partial charge in [0.25, 0.3) is 5.69 Å². The van der Waals surface area contributed by atoms with Gasteiger partial charge in [0.2, 0.25) is 0 Å². The lowest BCUT2D eigenvalue weighted by atomic mass is 10.1. The average molecular weight is 486 g/mol. The number of unbranched alkanes of at least 4 members (excludes halogenated alkanes) is 8. The van der Waals surface area contributed by atoms with Crippen molar-refractivity contribution >= 4 is 11.7 Å². The van der Waals surface area contributed by atoms with Crippen LogP contribution in [0.3, 0.4) is 0 Å². The van der Waals surface area contributed by atoms with E-state index in [2.05, 4.69) is 6.92 Å². The molecule has 1 saturated heterocycles. The van der Waals surface area contributed by atoms with Crippen LogP contribution in [0.1, 0.15) is 76.4 Å². The van der Waals surface area contributed by atoms with Gasteiger partial charge in [0.05, 0.1) is 18.6 Å². The molecule has 1 aliphatic heterocycles. The lowest BCUT2D eigenvalue weighted by Crippen LogP contribution is -2.15. The summed E-state index contributed by atoms with van der Waals surface area (Å²) in [7, 11) is 1.55. The van der Waals surface area contributed by atoms with Crippen molar-refractivity contribution < 1.29 is 28.7 Å². The van der Waals surface area contributed by atoms with Gasteiger partial charge in [-0.25, -0.2) is 4.79 Å². The van der Waals surface area contributed by atoms with Crippen LogP contribution in [0.25, 0.3) is 0 Å². The molecule has 0 radical (unpaired) electrons. The van der Waals surface area contributed by atoms with Crippen LogP contribution in [0, 0.1) is 10.1 Å². The molecule has 3 rings (SSSR count). The maximum absolute atomic E-state index is 12.5. The van der Waals surface area contributed by atoms with Crippen LogP contribution in [0.4, 0.5) is 5.69 Å². The van der Waals surface area contributed by atoms with Crippen LogP contribution in [-0.4, -0.2) is 30.7 Å². The number of nitrogens with zero attached hydrogens (tertiary/aromatic N) is 1. The van der Waals surface area contributed by atoms with Crippen molar-refractivity contribution in [3.63, 3.8) is 0 Å². The summed E-state index contributed by atoms with van der Waals surface area (Å²) in [4.78, 5) is 23.3. The SMILES string of the molecule is CCCCCCCCCCCOc1ccc([N+](=O)[O-])cc1C1OC1C(=O)Oc1ccc(OC)cc1. The van der Waals surface area contributed by atoms with E-state index >= 15 is 0 Å². The van der Waals surface area contributed by atoms with Crippen molar-refractivity contribution in [2.24, 2.45) is 0 Å². The highest BCUT2D eigenvalue weighted by molar-refractivity contribution is 5.81. The van der Waals surface area contributed by atoms with Gasteiger partial charge < -0.3 is 18.9 Å². The van der Waals surface area contributed by atoms with Gasteiger partial charge in [-0.1, -0.05) is 58.3 Å². The van der Waals surface area contributed by atoms with E-state index in [0.29, 0.717) is 29.4 Å². The van der Waals surface area contributed by atoms with E-state index in [-0.39, 0.29) is 5.69 Å². The van der Waals surface area contributed by atoms with E-state index in [4.69, 9.17) is 18.9 Å². The highest BCUT2D eigenvalue weighted by atomic mass is 16.6. The van der Waals surface area contributed by atoms with Crippen LogP contribution >= 0.6 is 0 Å². The summed E-state index contributed by atoms with van der Waals surface area (Å²) in [5.74, 6) is 0.957. The number of nitro groups is 1. The number of nitro benzene ring substituents is 1. The predicted octanol–water partition coefficient (Wildman–Crippen LogP) is 6.56. The van der Waals surface area contributed by atoms with E-state index in [1.807, 2.05) is 0 Å². The number of carbonyl (C=O) groups is 1. The maximum Gasteiger partial charge on any atom is 0.343 e. The molecule has 0 saturated carbocycles. The van der Waals surface area contributed by atoms with Gasteiger partial charge in [-0.2, -0.15) is 0 Å². The highest BCUT2D eigenvalue weighted by Gasteiger charge is 2.49. The first-order valence-corrected chi connectivity index (χ1v) is 12.5. The Morgan fingerprint density at radius 2 is 1.57 bits per heavy atom. The Bertz CT molecular complexity index is 961. The monoisotopic (exact) mass is 485 g/mol. The lowest BCUT2D eigenvalue weighted by molar-refractivity contribution is -0.385. The minimum absolute atomic E-state index is 0.0757. The van der Waals surface area contributed by atoms with Crippen LogP contribution in [0.5, 0.6) is 17.2 Å². The number of carbonyl (C=O) groups excluding carboxylic acids is 1. The molecule has 1 aliphatic rings. The second kappa shape index (κ2) is 13.7. The molecule has 0 spiro atoms. The van der Waals surface area contributed by atoms with Crippen LogP contribution < -0.4 is 14.2 Å². The number of hydrogen-bond acceptors (Lipinski definition) is 7. The molecule has 0 aliphatic carbocycles. The van der Waals surface area contributed by atoms with Crippen LogP contribution in [-0.2, 0) is 9.53 Å². The van der Waals surface area contributed by atoms with Gasteiger partial charge >= 0.3 is 5.97 Å². The van der Waals surface area contributed by atoms with Crippen molar-refractivity contribution in [2.45, 2.75) is 76.9 Å². The molecule has 2 aromatic rings. The summed E-state index contributed by atoms with van der Waals surface area (Å²) in [5.41, 5.74) is 0.417. The normalized spacial score (nSPS) is 16.5. The molecular weight excluding hydrogens is 450 g/mol. The van der Waals surface area contributed by atoms with Gasteiger partial charge in [-0.15, -0.1) is 0 Å². The molecule has 1 fully saturated rings. The van der Waals surface area contributed by atoms with E-state index in [0.717, 1.165) is 12.8 Å². The van der Waals surface area contributed by atoms with Gasteiger partial charge in [-0.3, -0.25) is 10.1 Å². The summed E-state index contributed by atoms with van der Waals surface area (Å²) >= 11 is 0. The quantitative estimate of drug-likeness (QED) is 0.0663. The molecule has 2 atom stereocenters. The van der Waals surface area contributed by atoms with Crippen molar-refractivity contribution in [1.82, 2.24) is 0 Å². The fourth-order valence-electron chi connectivity index (χ4n) is 3.94. The van der Waals surface area contributed by atoms with Gasteiger partial charge in [0.15, 0.2) is 6.10 Å². The summed E-state index contributed by atoms with van der Waals surface area (Å²) in [6.07, 6.45) is 9.39. The van der Waals surface area contributed by atoms with E-state index in [9.17, 15) is 14.9 Å². The third-order valence-electron chi connectivity index (χ3n) is 6.02. The minimum Gasteiger partial charge on any atom is -0.497 e. The van der Waals surface area contributed by atoms with Crippen molar-refractivity contribution in [1.29, 1.82) is 0 Å². The zero-order valence-electron chi connectivity index (χ0n) is 20.6. The Hall–Kier alpha value is -3.13. The number of hydrogen-bond donors (Lipinski definition) is 0. The summed E-state index contributed by atoms with van der Waals surface area (Å²) in [5, 5.41) is 11.3. The molecule has 2 unspecified atom stereocenters. The Balaban J connectivity index is 1.50. The smallest absolute Gasteiger partial charge is 0.343 e. The number of epoxide rings is 1. The topological polar surface area (TPSA) is 100 Å². The molecule has 35 heavy (non-hydrogen) atoms. The van der Waals surface area contributed by atoms with E-state index in [1.165, 1.54) is 57.1 Å². The second-order valence-electron chi connectivity index (χ2n) is 8.73. The standard InChI is InChI=1S/C27H35NO7/c1-3-4-5-6-7-8-9-10-11-18-33-24-17-12-20(28(30)31)19-23(24)25-26(35-25)27(29)34-22-15-13-21(32-2)14-16-22/h12-17,19,25-26H,3-11,18H2,1-2H3. The number of ether oxygens (including phenoxy) is 4. The maximum atomic E-state index is 12.5. The predicted molar refractivity (Wildman–Crippen MR) is 132 cm³/mol. The fraction of sp³-hybridized carbons (Fsp3) is 0.519. The Morgan fingerprint density at radius 3 is 2.20 bits per heavy atom. The summed E-state index contributed by atoms with van der Waals surface area (Å²) in [6, 6.07) is 11.0. The first kappa shape index (κ1) is 26.5. The van der Waals surface area contributed by atoms with Crippen molar-refractivity contribution in [3.8, 4) is 17.2 Å².